The highest BCUT2D eigenvalue weighted by Gasteiger charge is 2.24. The number of amides is 1. The Bertz CT molecular complexity index is 318. The zero-order chi connectivity index (χ0) is 15.0. The van der Waals surface area contributed by atoms with Gasteiger partial charge in [-0.15, -0.1) is 0 Å². The first-order valence-corrected chi connectivity index (χ1v) is 7.62. The molecule has 1 fully saturated rings. The highest BCUT2D eigenvalue weighted by atomic mass is 32.1. The van der Waals surface area contributed by atoms with Crippen molar-refractivity contribution in [1.82, 2.24) is 10.6 Å². The van der Waals surface area contributed by atoms with Gasteiger partial charge in [0.15, 0.2) is 5.11 Å². The van der Waals surface area contributed by atoms with Crippen LogP contribution in [0.15, 0.2) is 0 Å². The Hall–Kier alpha value is -0.920. The number of hydrogen-bond acceptors (Lipinski definition) is 4. The minimum atomic E-state index is -0.508. The third-order valence-electron chi connectivity index (χ3n) is 3.10. The van der Waals surface area contributed by atoms with Crippen molar-refractivity contribution in [3.8, 4) is 0 Å². The first-order chi connectivity index (χ1) is 9.51. The van der Waals surface area contributed by atoms with Gasteiger partial charge in [-0.25, -0.2) is 4.79 Å². The summed E-state index contributed by atoms with van der Waals surface area (Å²) in [6.45, 7) is 10.3. The van der Waals surface area contributed by atoms with E-state index in [-0.39, 0.29) is 0 Å². The van der Waals surface area contributed by atoms with Crippen molar-refractivity contribution < 1.29 is 19.2 Å². The van der Waals surface area contributed by atoms with Gasteiger partial charge in [-0.05, 0) is 33.0 Å². The zero-order valence-corrected chi connectivity index (χ0v) is 13.3. The molecule has 0 aliphatic carbocycles. The second-order valence-corrected chi connectivity index (χ2v) is 5.53. The Balaban J connectivity index is 2.09. The van der Waals surface area contributed by atoms with Gasteiger partial charge >= 0.3 is 6.09 Å². The SMILES string of the molecule is CCOC(=O)NC(=S)NCCC[NH+]1C[C@@H](C)O[C@@H](C)C1. The molecule has 0 radical (unpaired) electrons. The van der Waals surface area contributed by atoms with Gasteiger partial charge in [0.1, 0.15) is 25.3 Å². The second-order valence-electron chi connectivity index (χ2n) is 5.12. The number of thiocarbonyl (C=S) groups is 1. The fraction of sp³-hybridized carbons (Fsp3) is 0.846. The van der Waals surface area contributed by atoms with Gasteiger partial charge in [0, 0.05) is 13.0 Å². The molecule has 0 aromatic carbocycles. The number of ether oxygens (including phenoxy) is 2. The molecule has 0 aromatic rings. The fourth-order valence-electron chi connectivity index (χ4n) is 2.44. The molecule has 3 atom stereocenters. The van der Waals surface area contributed by atoms with Crippen LogP contribution in [-0.2, 0) is 9.47 Å². The van der Waals surface area contributed by atoms with Crippen molar-refractivity contribution in [3.05, 3.63) is 0 Å². The molecule has 20 heavy (non-hydrogen) atoms. The van der Waals surface area contributed by atoms with Crippen molar-refractivity contribution in [2.75, 3.05) is 32.8 Å². The van der Waals surface area contributed by atoms with Crippen molar-refractivity contribution in [2.45, 2.75) is 39.4 Å². The van der Waals surface area contributed by atoms with Gasteiger partial charge in [0.2, 0.25) is 0 Å². The minimum absolute atomic E-state index is 0.321. The minimum Gasteiger partial charge on any atom is -0.450 e. The smallest absolute Gasteiger partial charge is 0.413 e. The maximum Gasteiger partial charge on any atom is 0.413 e. The van der Waals surface area contributed by atoms with Crippen LogP contribution in [0.2, 0.25) is 0 Å². The van der Waals surface area contributed by atoms with Crippen LogP contribution in [0.25, 0.3) is 0 Å². The van der Waals surface area contributed by atoms with E-state index in [0.29, 0.717) is 23.9 Å². The molecule has 116 valence electrons. The fourth-order valence-corrected chi connectivity index (χ4v) is 2.62. The molecule has 1 heterocycles. The summed E-state index contributed by atoms with van der Waals surface area (Å²) in [5.41, 5.74) is 0. The number of nitrogens with one attached hydrogen (secondary N) is 3. The van der Waals surface area contributed by atoms with Crippen LogP contribution in [0.3, 0.4) is 0 Å². The zero-order valence-electron chi connectivity index (χ0n) is 12.5. The lowest BCUT2D eigenvalue weighted by Gasteiger charge is -2.32. The first-order valence-electron chi connectivity index (χ1n) is 7.21. The summed E-state index contributed by atoms with van der Waals surface area (Å²) in [5, 5.41) is 5.80. The Morgan fingerprint density at radius 3 is 2.65 bits per heavy atom. The quantitative estimate of drug-likeness (QED) is 0.480. The van der Waals surface area contributed by atoms with E-state index in [1.165, 1.54) is 0 Å². The molecule has 6 nitrogen and oxygen atoms in total. The van der Waals surface area contributed by atoms with Crippen LogP contribution in [0.4, 0.5) is 4.79 Å². The van der Waals surface area contributed by atoms with Gasteiger partial charge in [-0.2, -0.15) is 0 Å². The van der Waals surface area contributed by atoms with E-state index in [9.17, 15) is 4.79 Å². The lowest BCUT2D eigenvalue weighted by molar-refractivity contribution is -0.915. The molecular formula is C13H26N3O3S+. The largest absolute Gasteiger partial charge is 0.450 e. The van der Waals surface area contributed by atoms with E-state index >= 15 is 0 Å². The molecule has 1 unspecified atom stereocenters. The van der Waals surface area contributed by atoms with E-state index < -0.39 is 6.09 Å². The maximum absolute atomic E-state index is 11.1. The number of hydrogen-bond donors (Lipinski definition) is 3. The molecule has 7 heteroatoms. The van der Waals surface area contributed by atoms with Crippen molar-refractivity contribution in [3.63, 3.8) is 0 Å². The van der Waals surface area contributed by atoms with E-state index in [1.54, 1.807) is 11.8 Å². The first kappa shape index (κ1) is 17.1. The van der Waals surface area contributed by atoms with Crippen LogP contribution < -0.4 is 15.5 Å². The van der Waals surface area contributed by atoms with Gasteiger partial charge in [-0.1, -0.05) is 0 Å². The number of rotatable bonds is 5. The standard InChI is InChI=1S/C13H25N3O3S/c1-4-18-13(17)15-12(20)14-6-5-7-16-8-10(2)19-11(3)9-16/h10-11H,4-9H2,1-3H3,(H2,14,15,17,20)/p+1/t10-,11+. The summed E-state index contributed by atoms with van der Waals surface area (Å²) in [6.07, 6.45) is 1.15. The molecule has 0 aromatic heterocycles. The van der Waals surface area contributed by atoms with E-state index in [2.05, 4.69) is 24.5 Å². The van der Waals surface area contributed by atoms with E-state index in [4.69, 9.17) is 21.7 Å². The van der Waals surface area contributed by atoms with Crippen molar-refractivity contribution in [2.24, 2.45) is 0 Å². The van der Waals surface area contributed by atoms with Gasteiger partial charge < -0.3 is 19.7 Å². The van der Waals surface area contributed by atoms with Crippen LogP contribution in [0, 0.1) is 0 Å². The Morgan fingerprint density at radius 2 is 2.05 bits per heavy atom. The average molecular weight is 304 g/mol. The molecule has 1 rings (SSSR count). The van der Waals surface area contributed by atoms with Crippen LogP contribution in [-0.4, -0.2) is 56.2 Å². The molecule has 1 aliphatic rings. The Labute approximate surface area is 126 Å². The molecule has 1 saturated heterocycles. The number of quaternary nitrogens is 1. The normalized spacial score (nSPS) is 25.9. The van der Waals surface area contributed by atoms with E-state index in [1.807, 2.05) is 0 Å². The van der Waals surface area contributed by atoms with E-state index in [0.717, 1.165) is 32.6 Å². The summed E-state index contributed by atoms with van der Waals surface area (Å²) < 4.78 is 10.5. The lowest BCUT2D eigenvalue weighted by atomic mass is 10.2. The Morgan fingerprint density at radius 1 is 1.40 bits per heavy atom. The second kappa shape index (κ2) is 9.10. The molecule has 1 amide bonds. The maximum atomic E-state index is 11.1. The van der Waals surface area contributed by atoms with Gasteiger partial charge in [0.25, 0.3) is 0 Å². The third kappa shape index (κ3) is 7.02. The van der Waals surface area contributed by atoms with Gasteiger partial charge in [-0.3, -0.25) is 5.32 Å². The summed E-state index contributed by atoms with van der Waals surface area (Å²) in [5.74, 6) is 0. The summed E-state index contributed by atoms with van der Waals surface area (Å²) in [7, 11) is 0. The monoisotopic (exact) mass is 304 g/mol. The topological polar surface area (TPSA) is 64.0 Å². The number of morpholine rings is 1. The van der Waals surface area contributed by atoms with Crippen molar-refractivity contribution >= 4 is 23.4 Å². The molecule has 0 spiro atoms. The molecule has 0 saturated carbocycles. The van der Waals surface area contributed by atoms with Gasteiger partial charge in [0.05, 0.1) is 13.2 Å². The van der Waals surface area contributed by atoms with Crippen LogP contribution in [0.5, 0.6) is 0 Å². The molecule has 1 aliphatic heterocycles. The molecule has 3 N–H and O–H groups in total. The summed E-state index contributed by atoms with van der Waals surface area (Å²) in [4.78, 5) is 12.7. The lowest BCUT2D eigenvalue weighted by Crippen LogP contribution is -3.15. The summed E-state index contributed by atoms with van der Waals surface area (Å²) >= 11 is 5.00. The van der Waals surface area contributed by atoms with Crippen LogP contribution in [0.1, 0.15) is 27.2 Å². The average Bonchev–Trinajstić information content (AvgIpc) is 2.33. The third-order valence-corrected chi connectivity index (χ3v) is 3.35. The number of alkyl carbamates (subject to hydrolysis) is 1. The highest BCUT2D eigenvalue weighted by molar-refractivity contribution is 7.80. The van der Waals surface area contributed by atoms with Crippen LogP contribution >= 0.6 is 12.2 Å². The predicted molar refractivity (Wildman–Crippen MR) is 80.9 cm³/mol. The number of carbonyl (C=O) groups excluding carboxylic acids is 1. The molecule has 0 bridgehead atoms. The highest BCUT2D eigenvalue weighted by Crippen LogP contribution is 1.98. The molecular weight excluding hydrogens is 278 g/mol. The summed E-state index contributed by atoms with van der Waals surface area (Å²) in [6, 6.07) is 0. The number of carbonyl (C=O) groups is 1. The van der Waals surface area contributed by atoms with Crippen molar-refractivity contribution in [1.29, 1.82) is 0 Å². The predicted octanol–water partition coefficient (Wildman–Crippen LogP) is -0.311. The Kier molecular flexibility index (Phi) is 7.79.